The quantitative estimate of drug-likeness (QED) is 0.450. The van der Waals surface area contributed by atoms with Crippen molar-refractivity contribution in [3.8, 4) is 0 Å². The predicted molar refractivity (Wildman–Crippen MR) is 79.0 cm³/mol. The average Bonchev–Trinajstić information content (AvgIpc) is 2.36. The number of nitrogens with one attached hydrogen (secondary N) is 1. The maximum absolute atomic E-state index is 11.9. The van der Waals surface area contributed by atoms with Gasteiger partial charge in [-0.25, -0.2) is 0 Å². The molecule has 1 aromatic rings. The molecule has 0 spiro atoms. The van der Waals surface area contributed by atoms with Gasteiger partial charge in [-0.05, 0) is 41.0 Å². The summed E-state index contributed by atoms with van der Waals surface area (Å²) in [6.45, 7) is 2.42. The van der Waals surface area contributed by atoms with E-state index in [1.807, 2.05) is 29.5 Å². The molecule has 1 aromatic carbocycles. The summed E-state index contributed by atoms with van der Waals surface area (Å²) in [5.41, 5.74) is 0.194. The molecule has 1 unspecified atom stereocenters. The van der Waals surface area contributed by atoms with Crippen molar-refractivity contribution in [1.29, 1.82) is 0 Å². The van der Waals surface area contributed by atoms with Crippen molar-refractivity contribution in [1.82, 2.24) is 5.32 Å². The molecule has 0 fully saturated rings. The van der Waals surface area contributed by atoms with Gasteiger partial charge in [-0.3, -0.25) is 14.9 Å². The lowest BCUT2D eigenvalue weighted by atomic mass is 10.1. The van der Waals surface area contributed by atoms with E-state index in [4.69, 9.17) is 5.11 Å². The van der Waals surface area contributed by atoms with Gasteiger partial charge in [-0.1, -0.05) is 6.92 Å². The fraction of sp³-hybridized carbons (Fsp3) is 0.417. The summed E-state index contributed by atoms with van der Waals surface area (Å²) in [5.74, 6) is -0.178. The first-order valence-electron chi connectivity index (χ1n) is 5.78. The average molecular weight is 378 g/mol. The number of hydrogen-bond acceptors (Lipinski definition) is 4. The number of amides is 1. The van der Waals surface area contributed by atoms with E-state index < -0.39 is 4.92 Å². The van der Waals surface area contributed by atoms with Crippen molar-refractivity contribution in [3.63, 3.8) is 0 Å². The van der Waals surface area contributed by atoms with Crippen molar-refractivity contribution in [2.24, 2.45) is 5.92 Å². The number of nitrogens with zero attached hydrogens (tertiary/aromatic N) is 1. The van der Waals surface area contributed by atoms with Gasteiger partial charge in [0.2, 0.25) is 0 Å². The molecule has 1 amide bonds. The van der Waals surface area contributed by atoms with Crippen LogP contribution in [0.25, 0.3) is 0 Å². The van der Waals surface area contributed by atoms with Gasteiger partial charge in [0.25, 0.3) is 11.6 Å². The van der Waals surface area contributed by atoms with Gasteiger partial charge in [0.15, 0.2) is 0 Å². The minimum Gasteiger partial charge on any atom is -0.396 e. The standard InChI is InChI=1S/C12H15IN2O4/c1-8(4-5-16)7-14-12(17)10-6-9(15(18)19)2-3-11(10)13/h2-3,6,8,16H,4-5,7H2,1H3,(H,14,17). The van der Waals surface area contributed by atoms with E-state index in [9.17, 15) is 14.9 Å². The molecular formula is C12H15IN2O4. The van der Waals surface area contributed by atoms with Crippen molar-refractivity contribution < 1.29 is 14.8 Å². The monoisotopic (exact) mass is 378 g/mol. The molecule has 0 aliphatic carbocycles. The topological polar surface area (TPSA) is 92.5 Å². The number of aliphatic hydroxyl groups excluding tert-OH is 1. The fourth-order valence-corrected chi connectivity index (χ4v) is 2.07. The van der Waals surface area contributed by atoms with E-state index in [2.05, 4.69) is 5.32 Å². The smallest absolute Gasteiger partial charge is 0.270 e. The van der Waals surface area contributed by atoms with Crippen LogP contribution in [-0.4, -0.2) is 29.1 Å². The van der Waals surface area contributed by atoms with Crippen LogP contribution in [0.5, 0.6) is 0 Å². The highest BCUT2D eigenvalue weighted by Gasteiger charge is 2.15. The SMILES string of the molecule is CC(CCO)CNC(=O)c1cc([N+](=O)[O-])ccc1I. The normalized spacial score (nSPS) is 11.9. The zero-order chi connectivity index (χ0) is 14.4. The van der Waals surface area contributed by atoms with E-state index >= 15 is 0 Å². The first-order chi connectivity index (χ1) is 8.95. The number of carbonyl (C=O) groups excluding carboxylic acids is 1. The van der Waals surface area contributed by atoms with Gasteiger partial charge < -0.3 is 10.4 Å². The number of aliphatic hydroxyl groups is 1. The molecule has 0 heterocycles. The molecule has 19 heavy (non-hydrogen) atoms. The first-order valence-corrected chi connectivity index (χ1v) is 6.86. The van der Waals surface area contributed by atoms with Crippen LogP contribution in [0.2, 0.25) is 0 Å². The van der Waals surface area contributed by atoms with Crippen molar-refractivity contribution in [2.45, 2.75) is 13.3 Å². The third-order valence-corrected chi connectivity index (χ3v) is 3.58. The molecule has 0 saturated carbocycles. The van der Waals surface area contributed by atoms with Crippen molar-refractivity contribution in [3.05, 3.63) is 37.4 Å². The molecule has 0 radical (unpaired) electrons. The largest absolute Gasteiger partial charge is 0.396 e. The Morgan fingerprint density at radius 2 is 2.26 bits per heavy atom. The van der Waals surface area contributed by atoms with Gasteiger partial charge in [0.05, 0.1) is 10.5 Å². The van der Waals surface area contributed by atoms with Crippen molar-refractivity contribution >= 4 is 34.2 Å². The number of nitro groups is 1. The van der Waals surface area contributed by atoms with Gasteiger partial charge in [0.1, 0.15) is 0 Å². The minimum atomic E-state index is -0.527. The Hall–Kier alpha value is -1.22. The Balaban J connectivity index is 2.76. The van der Waals surface area contributed by atoms with Gasteiger partial charge in [-0.2, -0.15) is 0 Å². The summed E-state index contributed by atoms with van der Waals surface area (Å²) in [5, 5.41) is 22.2. The van der Waals surface area contributed by atoms with E-state index in [1.54, 1.807) is 6.07 Å². The molecule has 1 rings (SSSR count). The lowest BCUT2D eigenvalue weighted by Crippen LogP contribution is -2.29. The molecule has 0 aliphatic rings. The van der Waals surface area contributed by atoms with Crippen LogP contribution in [0.1, 0.15) is 23.7 Å². The third kappa shape index (κ3) is 4.75. The molecule has 7 heteroatoms. The molecule has 1 atom stereocenters. The summed E-state index contributed by atoms with van der Waals surface area (Å²) in [7, 11) is 0. The van der Waals surface area contributed by atoms with E-state index in [1.165, 1.54) is 12.1 Å². The molecular weight excluding hydrogens is 363 g/mol. The Morgan fingerprint density at radius 3 is 2.84 bits per heavy atom. The summed E-state index contributed by atoms with van der Waals surface area (Å²) >= 11 is 1.97. The van der Waals surface area contributed by atoms with Crippen LogP contribution in [0.15, 0.2) is 18.2 Å². The Morgan fingerprint density at radius 1 is 1.58 bits per heavy atom. The predicted octanol–water partition coefficient (Wildman–Crippen LogP) is 1.95. The maximum atomic E-state index is 11.9. The van der Waals surface area contributed by atoms with E-state index in [-0.39, 0.29) is 24.1 Å². The fourth-order valence-electron chi connectivity index (χ4n) is 1.49. The van der Waals surface area contributed by atoms with E-state index in [0.717, 1.165) is 0 Å². The van der Waals surface area contributed by atoms with E-state index in [0.29, 0.717) is 22.1 Å². The summed E-state index contributed by atoms with van der Waals surface area (Å²) in [6, 6.07) is 4.19. The highest BCUT2D eigenvalue weighted by atomic mass is 127. The number of hydrogen-bond donors (Lipinski definition) is 2. The molecule has 104 valence electrons. The third-order valence-electron chi connectivity index (χ3n) is 2.64. The summed E-state index contributed by atoms with van der Waals surface area (Å²) < 4.78 is 0.663. The van der Waals surface area contributed by atoms with Crippen molar-refractivity contribution in [2.75, 3.05) is 13.2 Å². The molecule has 2 N–H and O–H groups in total. The number of halogens is 1. The zero-order valence-electron chi connectivity index (χ0n) is 10.4. The Kier molecular flexibility index (Phi) is 6.16. The summed E-state index contributed by atoms with van der Waals surface area (Å²) in [6.07, 6.45) is 0.603. The van der Waals surface area contributed by atoms with Crippen LogP contribution in [-0.2, 0) is 0 Å². The van der Waals surface area contributed by atoms with Crippen LogP contribution in [0.3, 0.4) is 0 Å². The number of nitro benzene ring substituents is 1. The Labute approximate surface area is 124 Å². The molecule has 0 bridgehead atoms. The second-order valence-corrected chi connectivity index (χ2v) is 5.41. The molecule has 0 saturated heterocycles. The highest BCUT2D eigenvalue weighted by Crippen LogP contribution is 2.19. The molecule has 0 aliphatic heterocycles. The number of rotatable bonds is 6. The molecule has 0 aromatic heterocycles. The number of benzene rings is 1. The van der Waals surface area contributed by atoms with Crippen LogP contribution in [0, 0.1) is 19.6 Å². The lowest BCUT2D eigenvalue weighted by molar-refractivity contribution is -0.384. The van der Waals surface area contributed by atoms with Gasteiger partial charge in [-0.15, -0.1) is 0 Å². The van der Waals surface area contributed by atoms with Gasteiger partial charge in [0, 0.05) is 28.9 Å². The minimum absolute atomic E-state index is 0.0748. The maximum Gasteiger partial charge on any atom is 0.270 e. The lowest BCUT2D eigenvalue weighted by Gasteiger charge is -2.11. The second kappa shape index (κ2) is 7.39. The number of carbonyl (C=O) groups is 1. The zero-order valence-corrected chi connectivity index (χ0v) is 12.6. The Bertz CT molecular complexity index is 479. The van der Waals surface area contributed by atoms with Crippen LogP contribution >= 0.6 is 22.6 Å². The second-order valence-electron chi connectivity index (χ2n) is 4.25. The highest BCUT2D eigenvalue weighted by molar-refractivity contribution is 14.1. The van der Waals surface area contributed by atoms with Gasteiger partial charge >= 0.3 is 0 Å². The first kappa shape index (κ1) is 15.8. The number of non-ortho nitro benzene ring substituents is 1. The van der Waals surface area contributed by atoms with Crippen LogP contribution < -0.4 is 5.32 Å². The van der Waals surface area contributed by atoms with Crippen LogP contribution in [0.4, 0.5) is 5.69 Å². The summed E-state index contributed by atoms with van der Waals surface area (Å²) in [4.78, 5) is 22.1. The molecule has 6 nitrogen and oxygen atoms in total.